The maximum Gasteiger partial charge on any atom is 0.252 e. The van der Waals surface area contributed by atoms with Crippen molar-refractivity contribution in [3.63, 3.8) is 0 Å². The third-order valence-electron chi connectivity index (χ3n) is 5.30. The SMILES string of the molecule is Cc1cc(C)c(Nc2c(N(C(C)C)C(C)C)c2=[N+](C(C)C)C(C)C)c(C)c1. The van der Waals surface area contributed by atoms with E-state index in [2.05, 4.69) is 103 Å². The van der Waals surface area contributed by atoms with Gasteiger partial charge in [-0.1, -0.05) is 17.7 Å². The highest BCUT2D eigenvalue weighted by atomic mass is 15.2. The van der Waals surface area contributed by atoms with E-state index in [4.69, 9.17) is 0 Å². The molecule has 2 aromatic rings. The molecule has 3 nitrogen and oxygen atoms in total. The number of hydrogen-bond donors (Lipinski definition) is 1. The molecule has 0 radical (unpaired) electrons. The Hall–Kier alpha value is -1.77. The van der Waals surface area contributed by atoms with Gasteiger partial charge in [0.2, 0.25) is 0 Å². The summed E-state index contributed by atoms with van der Waals surface area (Å²) in [6.45, 7) is 24.9. The molecule has 0 aliphatic rings. The van der Waals surface area contributed by atoms with Crippen molar-refractivity contribution in [1.82, 2.24) is 4.58 Å². The van der Waals surface area contributed by atoms with E-state index in [-0.39, 0.29) is 0 Å². The van der Waals surface area contributed by atoms with E-state index in [9.17, 15) is 0 Å². The summed E-state index contributed by atoms with van der Waals surface area (Å²) in [5.74, 6) is 0. The maximum absolute atomic E-state index is 3.82. The summed E-state index contributed by atoms with van der Waals surface area (Å²) in [5, 5.41) is 5.21. The van der Waals surface area contributed by atoms with Crippen LogP contribution >= 0.6 is 0 Å². The van der Waals surface area contributed by atoms with Crippen molar-refractivity contribution in [2.45, 2.75) is 100 Å². The minimum absolute atomic E-state index is 0.468. The highest BCUT2D eigenvalue weighted by Gasteiger charge is 2.38. The number of benzene rings is 1. The summed E-state index contributed by atoms with van der Waals surface area (Å²) >= 11 is 0. The molecule has 27 heavy (non-hydrogen) atoms. The monoisotopic (exact) mass is 370 g/mol. The number of hydrogen-bond acceptors (Lipinski definition) is 2. The molecule has 0 bridgehead atoms. The molecular weight excluding hydrogens is 330 g/mol. The molecule has 0 aromatic heterocycles. The van der Waals surface area contributed by atoms with Gasteiger partial charge in [-0.05, 0) is 87.3 Å². The van der Waals surface area contributed by atoms with Gasteiger partial charge < -0.3 is 10.2 Å². The number of nitrogens with one attached hydrogen (secondary N) is 1. The van der Waals surface area contributed by atoms with E-state index in [0.29, 0.717) is 24.2 Å². The van der Waals surface area contributed by atoms with Gasteiger partial charge in [-0.2, -0.15) is 0 Å². The van der Waals surface area contributed by atoms with Gasteiger partial charge >= 0.3 is 0 Å². The van der Waals surface area contributed by atoms with Crippen LogP contribution in [0, 0.1) is 20.8 Å². The summed E-state index contributed by atoms with van der Waals surface area (Å²) in [6, 6.07) is 6.41. The van der Waals surface area contributed by atoms with Gasteiger partial charge in [0.15, 0.2) is 0 Å². The Morgan fingerprint density at radius 1 is 0.741 bits per heavy atom. The Balaban J connectivity index is 2.65. The fourth-order valence-electron chi connectivity index (χ4n) is 4.52. The number of rotatable bonds is 7. The van der Waals surface area contributed by atoms with Crippen LogP contribution in [0.15, 0.2) is 12.1 Å². The van der Waals surface area contributed by atoms with Crippen molar-refractivity contribution >= 4 is 17.1 Å². The third kappa shape index (κ3) is 4.39. The second-order valence-corrected chi connectivity index (χ2v) is 9.16. The topological polar surface area (TPSA) is 18.3 Å². The van der Waals surface area contributed by atoms with Gasteiger partial charge in [-0.25, -0.2) is 4.58 Å². The predicted molar refractivity (Wildman–Crippen MR) is 121 cm³/mol. The van der Waals surface area contributed by atoms with Gasteiger partial charge in [0.1, 0.15) is 23.5 Å². The summed E-state index contributed by atoms with van der Waals surface area (Å²) in [5.41, 5.74) is 7.89. The molecule has 0 spiro atoms. The van der Waals surface area contributed by atoms with Crippen LogP contribution in [0.1, 0.15) is 72.1 Å². The van der Waals surface area contributed by atoms with Crippen molar-refractivity contribution in [3.05, 3.63) is 34.2 Å². The van der Waals surface area contributed by atoms with E-state index in [1.165, 1.54) is 39.1 Å². The second kappa shape index (κ2) is 8.08. The van der Waals surface area contributed by atoms with E-state index in [1.807, 2.05) is 0 Å². The smallest absolute Gasteiger partial charge is 0.252 e. The van der Waals surface area contributed by atoms with Crippen LogP contribution in [0.25, 0.3) is 0 Å². The van der Waals surface area contributed by atoms with Crippen molar-refractivity contribution < 1.29 is 0 Å². The Labute approximate surface area is 166 Å². The molecule has 3 heteroatoms. The lowest BCUT2D eigenvalue weighted by atomic mass is 10.1. The number of nitrogens with zero attached hydrogens (tertiary/aromatic N) is 2. The first-order chi connectivity index (χ1) is 12.5. The molecular formula is C24H40N3+. The van der Waals surface area contributed by atoms with E-state index < -0.39 is 0 Å². The standard InChI is InChI=1S/C24H39N3/c1-14(2)26(15(3)4)23-22(24(23)27(16(5)6)17(7)8)25-21-19(10)12-18(9)13-20(21)11/h12-17H,1-11H3/p+1. The van der Waals surface area contributed by atoms with E-state index in [0.717, 1.165) is 0 Å². The van der Waals surface area contributed by atoms with Crippen molar-refractivity contribution in [2.75, 3.05) is 10.2 Å². The van der Waals surface area contributed by atoms with Crippen molar-refractivity contribution in [3.8, 4) is 0 Å². The quantitative estimate of drug-likeness (QED) is 0.654. The van der Waals surface area contributed by atoms with E-state index in [1.54, 1.807) is 0 Å². The molecule has 150 valence electrons. The Morgan fingerprint density at radius 3 is 1.56 bits per heavy atom. The zero-order chi connectivity index (χ0) is 20.6. The van der Waals surface area contributed by atoms with Gasteiger partial charge in [0.25, 0.3) is 5.36 Å². The molecule has 0 aliphatic heterocycles. The van der Waals surface area contributed by atoms with Crippen LogP contribution in [0.2, 0.25) is 0 Å². The molecule has 2 aromatic carbocycles. The minimum atomic E-state index is 0.468. The average Bonchev–Trinajstić information content (AvgIpc) is 3.14. The molecule has 0 heterocycles. The molecule has 0 atom stereocenters. The van der Waals surface area contributed by atoms with Crippen LogP contribution in [0.5, 0.6) is 0 Å². The summed E-state index contributed by atoms with van der Waals surface area (Å²) in [6.07, 6.45) is 0. The average molecular weight is 371 g/mol. The first-order valence-corrected chi connectivity index (χ1v) is 10.5. The molecule has 1 N–H and O–H groups in total. The molecule has 0 amide bonds. The van der Waals surface area contributed by atoms with Crippen molar-refractivity contribution in [1.29, 1.82) is 0 Å². The largest absolute Gasteiger partial charge is 0.359 e. The molecule has 2 rings (SSSR count). The number of anilines is 3. The predicted octanol–water partition coefficient (Wildman–Crippen LogP) is 5.44. The second-order valence-electron chi connectivity index (χ2n) is 9.16. The normalized spacial score (nSPS) is 12.1. The molecule has 0 aliphatic carbocycles. The lowest BCUT2D eigenvalue weighted by molar-refractivity contribution is 0.429. The Bertz CT molecular complexity index is 774. The first-order valence-electron chi connectivity index (χ1n) is 10.5. The van der Waals surface area contributed by atoms with Gasteiger partial charge in [-0.3, -0.25) is 0 Å². The highest BCUT2D eigenvalue weighted by Crippen LogP contribution is 2.36. The molecule has 0 fully saturated rings. The van der Waals surface area contributed by atoms with Gasteiger partial charge in [0.05, 0.1) is 0 Å². The minimum Gasteiger partial charge on any atom is -0.359 e. The summed E-state index contributed by atoms with van der Waals surface area (Å²) < 4.78 is 2.55. The van der Waals surface area contributed by atoms with Crippen molar-refractivity contribution in [2.24, 2.45) is 0 Å². The zero-order valence-corrected chi connectivity index (χ0v) is 19.4. The Kier molecular flexibility index (Phi) is 6.44. The Morgan fingerprint density at radius 2 is 1.19 bits per heavy atom. The van der Waals surface area contributed by atoms with Crippen LogP contribution in [0.3, 0.4) is 0 Å². The lowest BCUT2D eigenvalue weighted by Gasteiger charge is -2.29. The van der Waals surface area contributed by atoms with Crippen LogP contribution in [-0.2, 0) is 0 Å². The first kappa shape index (κ1) is 21.5. The van der Waals surface area contributed by atoms with Gasteiger partial charge in [-0.15, -0.1) is 0 Å². The lowest BCUT2D eigenvalue weighted by Crippen LogP contribution is -2.41. The molecule has 0 saturated carbocycles. The van der Waals surface area contributed by atoms with E-state index >= 15 is 0 Å². The van der Waals surface area contributed by atoms with Crippen LogP contribution in [0.4, 0.5) is 17.1 Å². The van der Waals surface area contributed by atoms with Crippen LogP contribution in [-0.4, -0.2) is 24.2 Å². The summed E-state index contributed by atoms with van der Waals surface area (Å²) in [7, 11) is 0. The fraction of sp³-hybridized carbons (Fsp3) is 0.625. The highest BCUT2D eigenvalue weighted by molar-refractivity contribution is 5.89. The summed E-state index contributed by atoms with van der Waals surface area (Å²) in [4.78, 5) is 2.55. The fourth-order valence-corrected chi connectivity index (χ4v) is 4.52. The van der Waals surface area contributed by atoms with Crippen LogP contribution < -0.4 is 20.1 Å². The third-order valence-corrected chi connectivity index (χ3v) is 5.30. The molecule has 0 unspecified atom stereocenters. The maximum atomic E-state index is 3.82. The zero-order valence-electron chi connectivity index (χ0n) is 19.4. The van der Waals surface area contributed by atoms with Gasteiger partial charge in [0, 0.05) is 17.8 Å². The number of aryl methyl sites for hydroxylation is 3. The molecule has 0 saturated heterocycles.